The minimum atomic E-state index is 0.206. The molecule has 0 aromatic carbocycles. The van der Waals surface area contributed by atoms with Crippen LogP contribution in [0.25, 0.3) is 0 Å². The maximum absolute atomic E-state index is 6.26. The van der Waals surface area contributed by atoms with Gasteiger partial charge in [0.1, 0.15) is 0 Å². The van der Waals surface area contributed by atoms with E-state index in [2.05, 4.69) is 31.0 Å². The second kappa shape index (κ2) is 8.93. The summed E-state index contributed by atoms with van der Waals surface area (Å²) < 4.78 is 0. The summed E-state index contributed by atoms with van der Waals surface area (Å²) in [5, 5.41) is 3.42. The molecule has 19 heavy (non-hydrogen) atoms. The van der Waals surface area contributed by atoms with Gasteiger partial charge in [-0.1, -0.05) is 58.8 Å². The van der Waals surface area contributed by atoms with Gasteiger partial charge in [0.2, 0.25) is 0 Å². The van der Waals surface area contributed by atoms with Crippen LogP contribution in [-0.4, -0.2) is 29.8 Å². The smallest absolute Gasteiger partial charge is 0.0716 e. The largest absolute Gasteiger partial charge is 0.315 e. The number of unbranched alkanes of at least 4 members (excludes halogenated alkanes) is 5. The summed E-state index contributed by atoms with van der Waals surface area (Å²) in [6, 6.07) is 0. The van der Waals surface area contributed by atoms with Crippen molar-refractivity contribution < 1.29 is 0 Å². The molecular formula is C16H35N3. The Labute approximate surface area is 120 Å². The zero-order valence-electron chi connectivity index (χ0n) is 13.4. The van der Waals surface area contributed by atoms with E-state index in [4.69, 9.17) is 5.73 Å². The second-order valence-electron chi connectivity index (χ2n) is 6.41. The van der Waals surface area contributed by atoms with Crippen molar-refractivity contribution in [2.75, 3.05) is 13.2 Å². The summed E-state index contributed by atoms with van der Waals surface area (Å²) in [5.74, 6) is 0. The molecule has 0 aromatic heterocycles. The highest BCUT2D eigenvalue weighted by Crippen LogP contribution is 2.30. The van der Waals surface area contributed by atoms with E-state index in [1.165, 1.54) is 57.8 Å². The van der Waals surface area contributed by atoms with E-state index in [1.807, 2.05) is 0 Å². The fourth-order valence-electron chi connectivity index (χ4n) is 3.25. The van der Waals surface area contributed by atoms with Crippen molar-refractivity contribution >= 4 is 0 Å². The minimum Gasteiger partial charge on any atom is -0.315 e. The van der Waals surface area contributed by atoms with Crippen LogP contribution < -0.4 is 11.1 Å². The number of nitrogens with two attached hydrogens (primary N) is 1. The molecule has 0 saturated carbocycles. The molecule has 0 aromatic rings. The Kier molecular flexibility index (Phi) is 7.96. The van der Waals surface area contributed by atoms with Crippen LogP contribution in [0.1, 0.15) is 78.6 Å². The molecule has 0 aliphatic carbocycles. The fraction of sp³-hybridized carbons (Fsp3) is 1.00. The van der Waals surface area contributed by atoms with Crippen molar-refractivity contribution in [2.24, 2.45) is 5.73 Å². The van der Waals surface area contributed by atoms with Crippen LogP contribution >= 0.6 is 0 Å². The van der Waals surface area contributed by atoms with Gasteiger partial charge >= 0.3 is 0 Å². The predicted octanol–water partition coefficient (Wildman–Crippen LogP) is 3.44. The molecule has 114 valence electrons. The van der Waals surface area contributed by atoms with Gasteiger partial charge in [0, 0.05) is 12.1 Å². The molecule has 0 bridgehead atoms. The molecule has 1 aliphatic heterocycles. The standard InChI is InChI=1S/C16H35N3/c1-4-6-8-10-12-16(3,11-9-7-5-2)19-14-18-13-15(19)17/h15,18H,4-14,17H2,1-3H3. The van der Waals surface area contributed by atoms with E-state index < -0.39 is 0 Å². The zero-order chi connectivity index (χ0) is 14.1. The third kappa shape index (κ3) is 5.41. The van der Waals surface area contributed by atoms with Gasteiger partial charge in [-0.25, -0.2) is 0 Å². The SMILES string of the molecule is CCCCCCC(C)(CCCCC)N1CNCC1N. The third-order valence-electron chi connectivity index (χ3n) is 4.62. The van der Waals surface area contributed by atoms with Gasteiger partial charge in [-0.15, -0.1) is 0 Å². The van der Waals surface area contributed by atoms with Crippen molar-refractivity contribution in [3.63, 3.8) is 0 Å². The lowest BCUT2D eigenvalue weighted by molar-refractivity contribution is 0.0704. The summed E-state index contributed by atoms with van der Waals surface area (Å²) in [6.07, 6.45) is 12.2. The fourth-order valence-corrected chi connectivity index (χ4v) is 3.25. The highest BCUT2D eigenvalue weighted by atomic mass is 15.4. The van der Waals surface area contributed by atoms with Crippen LogP contribution in [0.3, 0.4) is 0 Å². The van der Waals surface area contributed by atoms with Crippen molar-refractivity contribution in [1.29, 1.82) is 0 Å². The number of hydrogen-bond donors (Lipinski definition) is 2. The molecule has 1 rings (SSSR count). The molecule has 0 amide bonds. The lowest BCUT2D eigenvalue weighted by Gasteiger charge is -2.41. The summed E-state index contributed by atoms with van der Waals surface area (Å²) in [7, 11) is 0. The van der Waals surface area contributed by atoms with E-state index in [-0.39, 0.29) is 6.17 Å². The third-order valence-corrected chi connectivity index (χ3v) is 4.62. The van der Waals surface area contributed by atoms with E-state index in [0.29, 0.717) is 5.54 Å². The quantitative estimate of drug-likeness (QED) is 0.597. The Morgan fingerprint density at radius 2 is 1.63 bits per heavy atom. The Hall–Kier alpha value is -0.120. The van der Waals surface area contributed by atoms with Crippen molar-refractivity contribution in [3.8, 4) is 0 Å². The molecule has 2 atom stereocenters. The van der Waals surface area contributed by atoms with Gasteiger partial charge in [-0.2, -0.15) is 0 Å². The Morgan fingerprint density at radius 3 is 2.16 bits per heavy atom. The minimum absolute atomic E-state index is 0.206. The average molecular weight is 269 g/mol. The topological polar surface area (TPSA) is 41.3 Å². The van der Waals surface area contributed by atoms with Crippen LogP contribution in [0, 0.1) is 0 Å². The van der Waals surface area contributed by atoms with E-state index in [1.54, 1.807) is 0 Å². The van der Waals surface area contributed by atoms with Gasteiger partial charge in [0.05, 0.1) is 12.8 Å². The highest BCUT2D eigenvalue weighted by molar-refractivity contribution is 4.92. The molecule has 1 heterocycles. The van der Waals surface area contributed by atoms with Crippen LogP contribution in [0.15, 0.2) is 0 Å². The number of hydrogen-bond acceptors (Lipinski definition) is 3. The monoisotopic (exact) mass is 269 g/mol. The molecule has 0 radical (unpaired) electrons. The Bertz CT molecular complexity index is 232. The predicted molar refractivity (Wildman–Crippen MR) is 84.0 cm³/mol. The first-order valence-electron chi connectivity index (χ1n) is 8.37. The Balaban J connectivity index is 2.50. The zero-order valence-corrected chi connectivity index (χ0v) is 13.4. The number of rotatable bonds is 10. The lowest BCUT2D eigenvalue weighted by atomic mass is 9.86. The lowest BCUT2D eigenvalue weighted by Crippen LogP contribution is -2.53. The van der Waals surface area contributed by atoms with Crippen LogP contribution in [0.4, 0.5) is 0 Å². The molecular weight excluding hydrogens is 234 g/mol. The maximum atomic E-state index is 6.26. The first kappa shape index (κ1) is 16.9. The van der Waals surface area contributed by atoms with Crippen LogP contribution in [0.2, 0.25) is 0 Å². The van der Waals surface area contributed by atoms with Crippen LogP contribution in [-0.2, 0) is 0 Å². The first-order valence-corrected chi connectivity index (χ1v) is 8.37. The van der Waals surface area contributed by atoms with Gasteiger partial charge in [0.25, 0.3) is 0 Å². The van der Waals surface area contributed by atoms with Crippen LogP contribution in [0.5, 0.6) is 0 Å². The van der Waals surface area contributed by atoms with Crippen molar-refractivity contribution in [1.82, 2.24) is 10.2 Å². The maximum Gasteiger partial charge on any atom is 0.0716 e. The summed E-state index contributed by atoms with van der Waals surface area (Å²) in [5.41, 5.74) is 6.56. The molecule has 3 N–H and O–H groups in total. The molecule has 0 spiro atoms. The summed E-state index contributed by atoms with van der Waals surface area (Å²) in [4.78, 5) is 2.51. The molecule has 3 nitrogen and oxygen atoms in total. The number of nitrogens with zero attached hydrogens (tertiary/aromatic N) is 1. The van der Waals surface area contributed by atoms with E-state index in [9.17, 15) is 0 Å². The van der Waals surface area contributed by atoms with Gasteiger partial charge in [-0.3, -0.25) is 4.90 Å². The Morgan fingerprint density at radius 1 is 1.05 bits per heavy atom. The second-order valence-corrected chi connectivity index (χ2v) is 6.41. The van der Waals surface area contributed by atoms with Crippen molar-refractivity contribution in [2.45, 2.75) is 90.3 Å². The first-order chi connectivity index (χ1) is 9.14. The van der Waals surface area contributed by atoms with Gasteiger partial charge in [0.15, 0.2) is 0 Å². The summed E-state index contributed by atoms with van der Waals surface area (Å²) >= 11 is 0. The van der Waals surface area contributed by atoms with Gasteiger partial charge in [-0.05, 0) is 19.8 Å². The number of nitrogens with one attached hydrogen (secondary N) is 1. The summed E-state index contributed by atoms with van der Waals surface area (Å²) in [6.45, 7) is 8.90. The van der Waals surface area contributed by atoms with Crippen molar-refractivity contribution in [3.05, 3.63) is 0 Å². The normalized spacial score (nSPS) is 23.7. The molecule has 1 aliphatic rings. The molecule has 1 fully saturated rings. The molecule has 1 saturated heterocycles. The van der Waals surface area contributed by atoms with E-state index >= 15 is 0 Å². The van der Waals surface area contributed by atoms with E-state index in [0.717, 1.165) is 13.2 Å². The molecule has 2 unspecified atom stereocenters. The molecule has 3 heteroatoms. The highest BCUT2D eigenvalue weighted by Gasteiger charge is 2.36. The average Bonchev–Trinajstić information content (AvgIpc) is 2.82. The van der Waals surface area contributed by atoms with Gasteiger partial charge < -0.3 is 11.1 Å².